The molecule has 100 valence electrons. The van der Waals surface area contributed by atoms with Crippen molar-refractivity contribution in [1.82, 2.24) is 0 Å². The van der Waals surface area contributed by atoms with Gasteiger partial charge in [0.1, 0.15) is 0 Å². The molecule has 0 atom stereocenters. The van der Waals surface area contributed by atoms with E-state index in [1.165, 1.54) is 10.5 Å². The molecule has 0 aromatic carbocycles. The Balaban J connectivity index is 2.43. The van der Waals surface area contributed by atoms with E-state index in [0.717, 1.165) is 23.3 Å². The highest BCUT2D eigenvalue weighted by Crippen LogP contribution is 2.28. The number of allylic oxidation sites excluding steroid dienone is 4. The first-order valence-electron chi connectivity index (χ1n) is 6.38. The Hall–Kier alpha value is -1.82. The molecule has 0 unspecified atom stereocenters. The Morgan fingerprint density at radius 1 is 1.05 bits per heavy atom. The van der Waals surface area contributed by atoms with Gasteiger partial charge in [0, 0.05) is 10.5 Å². The fourth-order valence-corrected chi connectivity index (χ4v) is 3.23. The summed E-state index contributed by atoms with van der Waals surface area (Å²) in [5.41, 5.74) is 2.40. The van der Waals surface area contributed by atoms with E-state index in [0.29, 0.717) is 0 Å². The molecular weight excluding hydrogens is 280 g/mol. The highest BCUT2D eigenvalue weighted by molar-refractivity contribution is 7.11. The molecule has 20 heavy (non-hydrogen) atoms. The van der Waals surface area contributed by atoms with Crippen molar-refractivity contribution in [2.45, 2.75) is 12.8 Å². The highest BCUT2D eigenvalue weighted by Gasteiger charge is 2.06. The van der Waals surface area contributed by atoms with Crippen LogP contribution in [0.1, 0.15) is 22.6 Å². The Morgan fingerprint density at radius 3 is 2.40 bits per heavy atom. The number of hydrogen-bond donors (Lipinski definition) is 0. The molecule has 0 aliphatic rings. The van der Waals surface area contributed by atoms with Gasteiger partial charge in [-0.15, -0.1) is 35.8 Å². The maximum atomic E-state index is 3.86. The summed E-state index contributed by atoms with van der Waals surface area (Å²) in [7, 11) is 0. The van der Waals surface area contributed by atoms with Crippen molar-refractivity contribution in [2.75, 3.05) is 0 Å². The van der Waals surface area contributed by atoms with Crippen LogP contribution in [0, 0.1) is 11.8 Å². The topological polar surface area (TPSA) is 0 Å². The predicted octanol–water partition coefficient (Wildman–Crippen LogP) is 5.77. The van der Waals surface area contributed by atoms with E-state index in [-0.39, 0.29) is 0 Å². The van der Waals surface area contributed by atoms with Crippen molar-refractivity contribution in [1.29, 1.82) is 0 Å². The van der Waals surface area contributed by atoms with Crippen LogP contribution in [0.5, 0.6) is 0 Å². The molecule has 0 aliphatic heterocycles. The van der Waals surface area contributed by atoms with Crippen molar-refractivity contribution in [3.63, 3.8) is 0 Å². The summed E-state index contributed by atoms with van der Waals surface area (Å²) in [5, 5.41) is 4.14. The van der Waals surface area contributed by atoms with E-state index in [4.69, 9.17) is 0 Å². The second kappa shape index (κ2) is 7.69. The van der Waals surface area contributed by atoms with Gasteiger partial charge in [0.2, 0.25) is 0 Å². The normalized spacial score (nSPS) is 11.2. The molecule has 0 spiro atoms. The van der Waals surface area contributed by atoms with Crippen molar-refractivity contribution in [2.24, 2.45) is 0 Å². The Bertz CT molecular complexity index is 644. The smallest absolute Gasteiger partial charge is 0.0772 e. The van der Waals surface area contributed by atoms with Crippen LogP contribution in [0.25, 0.3) is 5.57 Å². The maximum absolute atomic E-state index is 3.86. The number of rotatable bonds is 5. The summed E-state index contributed by atoms with van der Waals surface area (Å²) in [4.78, 5) is 2.36. The van der Waals surface area contributed by atoms with E-state index in [1.807, 2.05) is 29.7 Å². The summed E-state index contributed by atoms with van der Waals surface area (Å²) >= 11 is 3.41. The third-order valence-electron chi connectivity index (χ3n) is 2.74. The standard InChI is InChI=1S/C18H16S2/c1-3-7-15(11-12-16-9-5-13-19-16)17(8-4-2)18-10-6-14-20-18/h3-6,9-10,13-14H,1-2,7-8H2. The molecule has 0 nitrogen and oxygen atoms in total. The second-order valence-electron chi connectivity index (χ2n) is 4.15. The lowest BCUT2D eigenvalue weighted by molar-refractivity contribution is 1.28. The lowest BCUT2D eigenvalue weighted by Gasteiger charge is -2.06. The molecule has 0 amide bonds. The zero-order valence-corrected chi connectivity index (χ0v) is 12.9. The average molecular weight is 296 g/mol. The lowest BCUT2D eigenvalue weighted by atomic mass is 10.0. The van der Waals surface area contributed by atoms with Crippen molar-refractivity contribution >= 4 is 28.2 Å². The highest BCUT2D eigenvalue weighted by atomic mass is 32.1. The Morgan fingerprint density at radius 2 is 1.80 bits per heavy atom. The van der Waals surface area contributed by atoms with Crippen LogP contribution in [-0.2, 0) is 0 Å². The monoisotopic (exact) mass is 296 g/mol. The molecule has 2 heterocycles. The Labute approximate surface area is 128 Å². The van der Waals surface area contributed by atoms with Crippen molar-refractivity contribution in [3.8, 4) is 11.8 Å². The van der Waals surface area contributed by atoms with Gasteiger partial charge in [-0.1, -0.05) is 36.1 Å². The van der Waals surface area contributed by atoms with Crippen LogP contribution in [0.15, 0.2) is 65.9 Å². The molecule has 0 saturated carbocycles. The third-order valence-corrected chi connectivity index (χ3v) is 4.45. The van der Waals surface area contributed by atoms with Crippen molar-refractivity contribution in [3.05, 3.63) is 75.7 Å². The van der Waals surface area contributed by atoms with Gasteiger partial charge in [0.15, 0.2) is 0 Å². The van der Waals surface area contributed by atoms with E-state index in [2.05, 4.69) is 42.5 Å². The summed E-state index contributed by atoms with van der Waals surface area (Å²) in [6.45, 7) is 7.71. The Kier molecular flexibility index (Phi) is 5.61. The largest absolute Gasteiger partial charge is 0.144 e. The zero-order valence-electron chi connectivity index (χ0n) is 11.3. The summed E-state index contributed by atoms with van der Waals surface area (Å²) < 4.78 is 0. The van der Waals surface area contributed by atoms with Gasteiger partial charge in [-0.05, 0) is 41.3 Å². The molecule has 2 aromatic rings. The fourth-order valence-electron chi connectivity index (χ4n) is 1.85. The zero-order chi connectivity index (χ0) is 14.2. The molecule has 0 aliphatic carbocycles. The SMILES string of the molecule is C=CCC(C#Cc1cccs1)=C(CC=C)c1cccs1. The van der Waals surface area contributed by atoms with E-state index in [1.54, 1.807) is 22.7 Å². The number of thiophene rings is 2. The minimum Gasteiger partial charge on any atom is -0.144 e. The third kappa shape index (κ3) is 3.84. The van der Waals surface area contributed by atoms with Gasteiger partial charge in [-0.25, -0.2) is 0 Å². The molecule has 0 saturated heterocycles. The summed E-state index contributed by atoms with van der Waals surface area (Å²) in [6.07, 6.45) is 5.47. The molecular formula is C18H16S2. The first-order valence-corrected chi connectivity index (χ1v) is 8.14. The fraction of sp³-hybridized carbons (Fsp3) is 0.111. The van der Waals surface area contributed by atoms with Gasteiger partial charge in [-0.3, -0.25) is 0 Å². The van der Waals surface area contributed by atoms with Crippen LogP contribution < -0.4 is 0 Å². The molecule has 0 fully saturated rings. The van der Waals surface area contributed by atoms with Gasteiger partial charge < -0.3 is 0 Å². The van der Waals surface area contributed by atoms with E-state index >= 15 is 0 Å². The van der Waals surface area contributed by atoms with Crippen LogP contribution in [0.2, 0.25) is 0 Å². The molecule has 2 heteroatoms. The lowest BCUT2D eigenvalue weighted by Crippen LogP contribution is -1.87. The first kappa shape index (κ1) is 14.6. The minimum atomic E-state index is 0.791. The van der Waals surface area contributed by atoms with Gasteiger partial charge >= 0.3 is 0 Å². The maximum Gasteiger partial charge on any atom is 0.0772 e. The minimum absolute atomic E-state index is 0.791. The average Bonchev–Trinajstić information content (AvgIpc) is 3.13. The second-order valence-corrected chi connectivity index (χ2v) is 6.04. The van der Waals surface area contributed by atoms with Crippen LogP contribution in [0.4, 0.5) is 0 Å². The van der Waals surface area contributed by atoms with Crippen LogP contribution in [-0.4, -0.2) is 0 Å². The molecule has 2 aromatic heterocycles. The van der Waals surface area contributed by atoms with Gasteiger partial charge in [-0.2, -0.15) is 0 Å². The summed E-state index contributed by atoms with van der Waals surface area (Å²) in [5.74, 6) is 6.57. The summed E-state index contributed by atoms with van der Waals surface area (Å²) in [6, 6.07) is 8.28. The van der Waals surface area contributed by atoms with E-state index in [9.17, 15) is 0 Å². The van der Waals surface area contributed by atoms with Gasteiger partial charge in [0.05, 0.1) is 4.88 Å². The number of hydrogen-bond acceptors (Lipinski definition) is 2. The molecule has 0 N–H and O–H groups in total. The first-order chi connectivity index (χ1) is 9.85. The quantitative estimate of drug-likeness (QED) is 0.485. The van der Waals surface area contributed by atoms with Crippen LogP contribution in [0.3, 0.4) is 0 Å². The van der Waals surface area contributed by atoms with Crippen molar-refractivity contribution < 1.29 is 0 Å². The molecule has 0 bridgehead atoms. The van der Waals surface area contributed by atoms with E-state index < -0.39 is 0 Å². The predicted molar refractivity (Wildman–Crippen MR) is 92.1 cm³/mol. The van der Waals surface area contributed by atoms with Crippen LogP contribution >= 0.6 is 22.7 Å². The molecule has 2 rings (SSSR count). The molecule has 0 radical (unpaired) electrons. The van der Waals surface area contributed by atoms with Gasteiger partial charge in [0.25, 0.3) is 0 Å².